The van der Waals surface area contributed by atoms with E-state index in [0.717, 1.165) is 53.9 Å². The molecule has 0 aliphatic heterocycles. The third-order valence-electron chi connectivity index (χ3n) is 11.3. The van der Waals surface area contributed by atoms with Crippen LogP contribution in [0.2, 0.25) is 0 Å². The lowest BCUT2D eigenvalue weighted by Crippen LogP contribution is -2.57. The molecule has 426 valence electrons. The van der Waals surface area contributed by atoms with Crippen LogP contribution in [-0.4, -0.2) is 163 Å². The minimum absolute atomic E-state index is 0.0413. The van der Waals surface area contributed by atoms with Crippen molar-refractivity contribution < 1.29 is 68.8 Å². The predicted octanol–water partition coefficient (Wildman–Crippen LogP) is 4.32. The van der Waals surface area contributed by atoms with Gasteiger partial charge in [0.05, 0.1) is 38.7 Å². The fourth-order valence-corrected chi connectivity index (χ4v) is 8.84. The van der Waals surface area contributed by atoms with E-state index in [-0.39, 0.29) is 44.1 Å². The van der Waals surface area contributed by atoms with Gasteiger partial charge < -0.3 is 45.0 Å². The summed E-state index contributed by atoms with van der Waals surface area (Å²) in [6.07, 6.45) is 4.02. The molecule has 2 aromatic carbocycles. The smallest absolute Gasteiger partial charge is 0.408 e. The van der Waals surface area contributed by atoms with Gasteiger partial charge in [-0.15, -0.1) is 5.10 Å². The van der Waals surface area contributed by atoms with Crippen molar-refractivity contribution in [2.75, 3.05) is 70.8 Å². The number of hydrogen-bond acceptors (Lipinski definition) is 17. The zero-order chi connectivity index (χ0) is 56.3. The van der Waals surface area contributed by atoms with Crippen LogP contribution in [0.4, 0.5) is 4.79 Å². The highest BCUT2D eigenvalue weighted by molar-refractivity contribution is 7.86. The molecule has 2 aromatic heterocycles. The zero-order valence-electron chi connectivity index (χ0n) is 44.5. The summed E-state index contributed by atoms with van der Waals surface area (Å²) in [7, 11) is -9.70. The van der Waals surface area contributed by atoms with Crippen molar-refractivity contribution in [1.29, 1.82) is 0 Å². The maximum Gasteiger partial charge on any atom is 0.408 e. The SMILES string of the molecule is CC(C)(C)OC(=O)NC(CS(=O)(=O)O)C(=O)N[C@@H](CS(=O)(=O)O)C(=O)NCCCOCCOCCOCCCNC(=O)CCCCn1nnnc1C(C)(C)CCCCOc1cc(-c2ccccc2)cc(-c2ccccc2)n1. The third kappa shape index (κ3) is 26.2. The number of aryl methyl sites for hydroxylation is 1. The van der Waals surface area contributed by atoms with Crippen molar-refractivity contribution >= 4 is 44.1 Å². The first-order valence-electron chi connectivity index (χ1n) is 25.5. The first-order chi connectivity index (χ1) is 36.5. The minimum Gasteiger partial charge on any atom is -0.478 e. The van der Waals surface area contributed by atoms with Crippen LogP contribution in [0, 0.1) is 0 Å². The maximum atomic E-state index is 12.9. The van der Waals surface area contributed by atoms with Crippen LogP contribution < -0.4 is 26.0 Å². The average Bonchev–Trinajstić information content (AvgIpc) is 3.85. The van der Waals surface area contributed by atoms with Crippen molar-refractivity contribution in [1.82, 2.24) is 46.5 Å². The molecular formula is C51H75N9O15S2. The number of alkyl carbamates (subject to hydrolysis) is 1. The molecule has 4 amide bonds. The van der Waals surface area contributed by atoms with E-state index in [4.69, 9.17) is 28.7 Å². The number of tetrazole rings is 1. The first kappa shape index (κ1) is 63.4. The molecule has 1 unspecified atom stereocenters. The number of nitrogens with zero attached hydrogens (tertiary/aromatic N) is 5. The second-order valence-corrected chi connectivity index (χ2v) is 22.6. The Bertz CT molecular complexity index is 2620. The van der Waals surface area contributed by atoms with Crippen molar-refractivity contribution in [2.45, 2.75) is 116 Å². The number of carbonyl (C=O) groups excluding carboxylic acids is 4. The van der Waals surface area contributed by atoms with Gasteiger partial charge in [-0.3, -0.25) is 23.5 Å². The largest absolute Gasteiger partial charge is 0.478 e. The maximum absolute atomic E-state index is 12.9. The summed E-state index contributed by atoms with van der Waals surface area (Å²) in [5.41, 5.74) is 2.70. The van der Waals surface area contributed by atoms with E-state index in [2.05, 4.69) is 58.2 Å². The summed E-state index contributed by atoms with van der Waals surface area (Å²) in [6.45, 7) is 12.0. The van der Waals surface area contributed by atoms with Crippen LogP contribution in [0.1, 0.15) is 91.8 Å². The second-order valence-electron chi connectivity index (χ2n) is 19.6. The molecular weight excluding hydrogens is 1040 g/mol. The Morgan fingerprint density at radius 2 is 1.21 bits per heavy atom. The lowest BCUT2D eigenvalue weighted by molar-refractivity contribution is -0.129. The number of ether oxygens (including phenoxy) is 5. The number of carbonyl (C=O) groups is 4. The highest BCUT2D eigenvalue weighted by Crippen LogP contribution is 2.30. The topological polar surface area (TPSA) is 328 Å². The van der Waals surface area contributed by atoms with Crippen molar-refractivity contribution in [3.63, 3.8) is 0 Å². The van der Waals surface area contributed by atoms with Crippen molar-refractivity contribution in [2.24, 2.45) is 0 Å². The Morgan fingerprint density at radius 1 is 0.636 bits per heavy atom. The molecule has 4 rings (SSSR count). The van der Waals surface area contributed by atoms with Crippen LogP contribution in [0.25, 0.3) is 22.4 Å². The molecule has 2 heterocycles. The summed E-state index contributed by atoms with van der Waals surface area (Å²) in [5.74, 6) is -3.65. The first-order valence-corrected chi connectivity index (χ1v) is 28.7. The zero-order valence-corrected chi connectivity index (χ0v) is 46.1. The number of amides is 4. The molecule has 77 heavy (non-hydrogen) atoms. The third-order valence-corrected chi connectivity index (χ3v) is 12.8. The van der Waals surface area contributed by atoms with Gasteiger partial charge in [0.25, 0.3) is 20.2 Å². The predicted molar refractivity (Wildman–Crippen MR) is 285 cm³/mol. The van der Waals surface area contributed by atoms with Gasteiger partial charge in [-0.25, -0.2) is 14.5 Å². The summed E-state index contributed by atoms with van der Waals surface area (Å²) >= 11 is 0. The van der Waals surface area contributed by atoms with Gasteiger partial charge in [-0.05, 0) is 93.3 Å². The lowest BCUT2D eigenvalue weighted by Gasteiger charge is -2.24. The molecule has 4 aromatic rings. The van der Waals surface area contributed by atoms with E-state index in [1.165, 1.54) is 20.8 Å². The molecule has 6 N–H and O–H groups in total. The number of hydrogen-bond donors (Lipinski definition) is 6. The standard InChI is InChI=1S/C51H75N9O15S2/c1-50(2,3)75-49(64)56-43(37-77(68,69)70)47(63)55-42(36-76(65,66)67)46(62)53-25-17-28-72-31-33-73-32-30-71-27-16-24-52-44(61)22-12-14-26-60-48(57-58-59-60)51(4,5)23-13-15-29-74-45-35-40(38-18-8-6-9-19-38)34-41(54-45)39-20-10-7-11-21-39/h6-11,18-21,34-35,42-43H,12-17,22-33,36-37H2,1-5H3,(H,52,61)(H,53,62)(H,55,63)(H,56,64)(H,65,66,67)(H,68,69,70)/t42-,43?/m0/s1. The van der Waals surface area contributed by atoms with Gasteiger partial charge in [-0.2, -0.15) is 16.8 Å². The van der Waals surface area contributed by atoms with Gasteiger partial charge >= 0.3 is 6.09 Å². The second kappa shape index (κ2) is 31.9. The van der Waals surface area contributed by atoms with Crippen molar-refractivity contribution in [3.05, 3.63) is 78.6 Å². The minimum atomic E-state index is -4.86. The van der Waals surface area contributed by atoms with Crippen LogP contribution in [0.3, 0.4) is 0 Å². The lowest BCUT2D eigenvalue weighted by atomic mass is 9.86. The van der Waals surface area contributed by atoms with E-state index in [1.54, 1.807) is 0 Å². The van der Waals surface area contributed by atoms with Crippen LogP contribution in [-0.2, 0) is 65.5 Å². The molecule has 0 bridgehead atoms. The summed E-state index contributed by atoms with van der Waals surface area (Å²) in [4.78, 5) is 55.1. The Balaban J connectivity index is 1.01. The Hall–Kier alpha value is -6.16. The molecule has 0 spiro atoms. The Morgan fingerprint density at radius 3 is 1.81 bits per heavy atom. The molecule has 0 fully saturated rings. The van der Waals surface area contributed by atoms with E-state index in [9.17, 15) is 45.1 Å². The Labute approximate surface area is 451 Å². The number of benzene rings is 2. The molecule has 0 aliphatic carbocycles. The summed E-state index contributed by atoms with van der Waals surface area (Å²) < 4.78 is 94.4. The molecule has 0 saturated carbocycles. The number of nitrogens with one attached hydrogen (secondary N) is 4. The molecule has 2 atom stereocenters. The Kier molecular flexibility index (Phi) is 26.3. The summed E-state index contributed by atoms with van der Waals surface area (Å²) in [5, 5.41) is 21.8. The quantitative estimate of drug-likeness (QED) is 0.0273. The van der Waals surface area contributed by atoms with E-state index >= 15 is 0 Å². The molecule has 0 aliphatic rings. The summed E-state index contributed by atoms with van der Waals surface area (Å²) in [6, 6.07) is 20.4. The van der Waals surface area contributed by atoms with Crippen molar-refractivity contribution in [3.8, 4) is 28.3 Å². The fourth-order valence-electron chi connectivity index (χ4n) is 7.53. The van der Waals surface area contributed by atoms with E-state index in [0.29, 0.717) is 64.7 Å². The molecule has 26 heteroatoms. The fraction of sp³-hybridized carbons (Fsp3) is 0.569. The van der Waals surface area contributed by atoms with Gasteiger partial charge in [0, 0.05) is 56.3 Å². The number of aromatic nitrogens is 5. The van der Waals surface area contributed by atoms with E-state index in [1.807, 2.05) is 69.9 Å². The monoisotopic (exact) mass is 1120 g/mol. The average molecular weight is 1120 g/mol. The van der Waals surface area contributed by atoms with Gasteiger partial charge in [0.2, 0.25) is 23.6 Å². The number of pyridine rings is 1. The van der Waals surface area contributed by atoms with Crippen LogP contribution in [0.5, 0.6) is 5.88 Å². The highest BCUT2D eigenvalue weighted by Gasteiger charge is 2.33. The van der Waals surface area contributed by atoms with E-state index < -0.39 is 67.3 Å². The van der Waals surface area contributed by atoms with Gasteiger partial charge in [-0.1, -0.05) is 74.5 Å². The van der Waals surface area contributed by atoms with Gasteiger partial charge in [0.15, 0.2) is 5.82 Å². The van der Waals surface area contributed by atoms with Gasteiger partial charge in [0.1, 0.15) is 29.2 Å². The number of unbranched alkanes of at least 4 members (excludes halogenated alkanes) is 2. The normalized spacial score (nSPS) is 12.8. The highest BCUT2D eigenvalue weighted by atomic mass is 32.2. The molecule has 24 nitrogen and oxygen atoms in total. The van der Waals surface area contributed by atoms with Crippen LogP contribution >= 0.6 is 0 Å². The molecule has 0 radical (unpaired) electrons. The number of rotatable bonds is 36. The van der Waals surface area contributed by atoms with Crippen LogP contribution in [0.15, 0.2) is 72.8 Å². The molecule has 0 saturated heterocycles.